The first-order valence-corrected chi connectivity index (χ1v) is 6.92. The molecule has 21 heavy (non-hydrogen) atoms. The summed E-state index contributed by atoms with van der Waals surface area (Å²) < 4.78 is 0. The highest BCUT2D eigenvalue weighted by molar-refractivity contribution is 5.94. The highest BCUT2D eigenvalue weighted by atomic mass is 16.3. The number of carbonyl (C=O) groups excluding carboxylic acids is 1. The molecule has 0 fully saturated rings. The van der Waals surface area contributed by atoms with Crippen LogP contribution >= 0.6 is 0 Å². The third kappa shape index (κ3) is 4.07. The smallest absolute Gasteiger partial charge is 0.253 e. The van der Waals surface area contributed by atoms with Crippen molar-refractivity contribution in [2.45, 2.75) is 13.0 Å². The largest absolute Gasteiger partial charge is 0.508 e. The highest BCUT2D eigenvalue weighted by Crippen LogP contribution is 2.14. The van der Waals surface area contributed by atoms with E-state index in [-0.39, 0.29) is 11.7 Å². The fraction of sp³-hybridized carbons (Fsp3) is 0.235. The van der Waals surface area contributed by atoms with Crippen LogP contribution in [0.1, 0.15) is 21.5 Å². The highest BCUT2D eigenvalue weighted by Gasteiger charge is 2.12. The van der Waals surface area contributed by atoms with Crippen molar-refractivity contribution >= 4 is 5.91 Å². The van der Waals surface area contributed by atoms with Crippen molar-refractivity contribution < 1.29 is 9.90 Å². The molecule has 0 radical (unpaired) electrons. The Morgan fingerprint density at radius 3 is 2.48 bits per heavy atom. The maximum absolute atomic E-state index is 12.3. The Hall–Kier alpha value is -2.33. The first kappa shape index (κ1) is 15.1. The van der Waals surface area contributed by atoms with Crippen molar-refractivity contribution in [3.05, 3.63) is 65.2 Å². The molecular formula is C17H20N2O2. The van der Waals surface area contributed by atoms with Crippen LogP contribution in [-0.4, -0.2) is 29.5 Å². The fourth-order valence-corrected chi connectivity index (χ4v) is 2.20. The maximum Gasteiger partial charge on any atom is 0.253 e. The van der Waals surface area contributed by atoms with Crippen LogP contribution in [0.3, 0.4) is 0 Å². The van der Waals surface area contributed by atoms with Crippen LogP contribution in [-0.2, 0) is 13.0 Å². The van der Waals surface area contributed by atoms with E-state index in [0.717, 1.165) is 17.5 Å². The van der Waals surface area contributed by atoms with Gasteiger partial charge in [0.15, 0.2) is 0 Å². The summed E-state index contributed by atoms with van der Waals surface area (Å²) in [5, 5.41) is 9.45. The molecule has 0 saturated heterocycles. The van der Waals surface area contributed by atoms with Gasteiger partial charge in [0.05, 0.1) is 0 Å². The molecule has 0 spiro atoms. The summed E-state index contributed by atoms with van der Waals surface area (Å²) >= 11 is 0. The second kappa shape index (κ2) is 6.90. The normalized spacial score (nSPS) is 10.4. The minimum Gasteiger partial charge on any atom is -0.508 e. The average Bonchev–Trinajstić information content (AvgIpc) is 2.47. The molecule has 4 nitrogen and oxygen atoms in total. The third-order valence-electron chi connectivity index (χ3n) is 3.31. The molecule has 1 amide bonds. The Morgan fingerprint density at radius 1 is 1.14 bits per heavy atom. The Labute approximate surface area is 124 Å². The molecule has 0 unspecified atom stereocenters. The number of phenolic OH excluding ortho intramolecular Hbond substituents is 1. The summed E-state index contributed by atoms with van der Waals surface area (Å²) in [6.07, 6.45) is 0.813. The van der Waals surface area contributed by atoms with E-state index in [1.807, 2.05) is 30.3 Å². The zero-order valence-corrected chi connectivity index (χ0v) is 12.1. The summed E-state index contributed by atoms with van der Waals surface area (Å²) in [6, 6.07) is 14.4. The molecule has 0 aromatic heterocycles. The van der Waals surface area contributed by atoms with Gasteiger partial charge >= 0.3 is 0 Å². The van der Waals surface area contributed by atoms with Crippen molar-refractivity contribution in [2.24, 2.45) is 5.73 Å². The fourth-order valence-electron chi connectivity index (χ4n) is 2.20. The van der Waals surface area contributed by atoms with Crippen LogP contribution < -0.4 is 5.73 Å². The number of rotatable bonds is 5. The minimum atomic E-state index is -0.0439. The molecule has 0 bridgehead atoms. The zero-order chi connectivity index (χ0) is 15.2. The average molecular weight is 284 g/mol. The summed E-state index contributed by atoms with van der Waals surface area (Å²) in [5.41, 5.74) is 8.18. The van der Waals surface area contributed by atoms with Gasteiger partial charge in [0.2, 0.25) is 0 Å². The quantitative estimate of drug-likeness (QED) is 0.884. The molecule has 0 aliphatic rings. The second-order valence-electron chi connectivity index (χ2n) is 5.07. The van der Waals surface area contributed by atoms with Gasteiger partial charge in [-0.15, -0.1) is 0 Å². The van der Waals surface area contributed by atoms with Gasteiger partial charge < -0.3 is 15.7 Å². The molecule has 2 aromatic carbocycles. The lowest BCUT2D eigenvalue weighted by atomic mass is 10.1. The molecule has 3 N–H and O–H groups in total. The first-order valence-electron chi connectivity index (χ1n) is 6.92. The summed E-state index contributed by atoms with van der Waals surface area (Å²) in [6.45, 7) is 1.06. The minimum absolute atomic E-state index is 0.0439. The van der Waals surface area contributed by atoms with Crippen LogP contribution in [0.2, 0.25) is 0 Å². The number of hydrogen-bond acceptors (Lipinski definition) is 3. The van der Waals surface area contributed by atoms with Gasteiger partial charge in [0.1, 0.15) is 5.75 Å². The zero-order valence-electron chi connectivity index (χ0n) is 12.1. The van der Waals surface area contributed by atoms with Gasteiger partial charge in [0.25, 0.3) is 5.91 Å². The Morgan fingerprint density at radius 2 is 1.86 bits per heavy atom. The number of aromatic hydroxyl groups is 1. The Balaban J connectivity index is 2.04. The van der Waals surface area contributed by atoms with Crippen LogP contribution in [0.5, 0.6) is 5.75 Å². The topological polar surface area (TPSA) is 66.6 Å². The van der Waals surface area contributed by atoms with E-state index < -0.39 is 0 Å². The van der Waals surface area contributed by atoms with Crippen LogP contribution in [0, 0.1) is 0 Å². The van der Waals surface area contributed by atoms with Crippen LogP contribution in [0.4, 0.5) is 0 Å². The van der Waals surface area contributed by atoms with Gasteiger partial charge in [-0.1, -0.05) is 24.3 Å². The van der Waals surface area contributed by atoms with Gasteiger partial charge in [-0.2, -0.15) is 0 Å². The van der Waals surface area contributed by atoms with Gasteiger partial charge in [-0.05, 0) is 48.4 Å². The van der Waals surface area contributed by atoms with Crippen molar-refractivity contribution in [3.63, 3.8) is 0 Å². The predicted octanol–water partition coefficient (Wildman–Crippen LogP) is 2.17. The number of carbonyl (C=O) groups is 1. The lowest BCUT2D eigenvalue weighted by Crippen LogP contribution is -2.26. The van der Waals surface area contributed by atoms with E-state index in [2.05, 4.69) is 0 Å². The summed E-state index contributed by atoms with van der Waals surface area (Å²) in [4.78, 5) is 14.0. The van der Waals surface area contributed by atoms with Crippen molar-refractivity contribution in [1.29, 1.82) is 0 Å². The Kier molecular flexibility index (Phi) is 4.95. The molecule has 2 rings (SSSR count). The molecule has 0 saturated carbocycles. The number of hydrogen-bond donors (Lipinski definition) is 2. The molecule has 0 aliphatic heterocycles. The number of nitrogens with two attached hydrogens (primary N) is 1. The van der Waals surface area contributed by atoms with Gasteiger partial charge in [-0.25, -0.2) is 0 Å². The lowest BCUT2D eigenvalue weighted by molar-refractivity contribution is 0.0785. The molecular weight excluding hydrogens is 264 g/mol. The van der Waals surface area contributed by atoms with Crippen molar-refractivity contribution in [2.75, 3.05) is 13.6 Å². The van der Waals surface area contributed by atoms with Crippen LogP contribution in [0.15, 0.2) is 48.5 Å². The number of amides is 1. The molecule has 0 heterocycles. The van der Waals surface area contributed by atoms with Gasteiger partial charge in [0, 0.05) is 19.2 Å². The molecule has 0 aliphatic carbocycles. The monoisotopic (exact) mass is 284 g/mol. The second-order valence-corrected chi connectivity index (χ2v) is 5.07. The molecule has 4 heteroatoms. The van der Waals surface area contributed by atoms with E-state index in [0.29, 0.717) is 18.7 Å². The van der Waals surface area contributed by atoms with E-state index in [4.69, 9.17) is 5.73 Å². The first-order chi connectivity index (χ1) is 10.1. The standard InChI is InChI=1S/C17H20N2O2/c1-19(12-14-3-2-4-16(20)11-14)17(21)15-7-5-13(6-8-15)9-10-18/h2-8,11,20H,9-10,12,18H2,1H3. The lowest BCUT2D eigenvalue weighted by Gasteiger charge is -2.17. The van der Waals surface area contributed by atoms with E-state index >= 15 is 0 Å². The third-order valence-corrected chi connectivity index (χ3v) is 3.31. The van der Waals surface area contributed by atoms with E-state index in [1.165, 1.54) is 0 Å². The summed E-state index contributed by atoms with van der Waals surface area (Å²) in [5.74, 6) is 0.164. The SMILES string of the molecule is CN(Cc1cccc(O)c1)C(=O)c1ccc(CCN)cc1. The van der Waals surface area contributed by atoms with Gasteiger partial charge in [-0.3, -0.25) is 4.79 Å². The molecule has 0 atom stereocenters. The molecule has 2 aromatic rings. The van der Waals surface area contributed by atoms with E-state index in [9.17, 15) is 9.90 Å². The number of phenols is 1. The number of nitrogens with zero attached hydrogens (tertiary/aromatic N) is 1. The summed E-state index contributed by atoms with van der Waals surface area (Å²) in [7, 11) is 1.75. The van der Waals surface area contributed by atoms with Crippen molar-refractivity contribution in [1.82, 2.24) is 4.90 Å². The maximum atomic E-state index is 12.3. The Bertz CT molecular complexity index is 608. The number of benzene rings is 2. The van der Waals surface area contributed by atoms with Crippen molar-refractivity contribution in [3.8, 4) is 5.75 Å². The van der Waals surface area contributed by atoms with E-state index in [1.54, 1.807) is 30.1 Å². The van der Waals surface area contributed by atoms with Crippen LogP contribution in [0.25, 0.3) is 0 Å². The predicted molar refractivity (Wildman–Crippen MR) is 83.1 cm³/mol. The molecule has 110 valence electrons.